The lowest BCUT2D eigenvalue weighted by Crippen LogP contribution is -2.51. The Bertz CT molecular complexity index is 602. The van der Waals surface area contributed by atoms with E-state index < -0.39 is 5.41 Å². The number of ether oxygens (including phenoxy) is 1. The summed E-state index contributed by atoms with van der Waals surface area (Å²) in [4.78, 5) is 29.1. The van der Waals surface area contributed by atoms with Crippen molar-refractivity contribution in [1.82, 2.24) is 9.80 Å². The van der Waals surface area contributed by atoms with Gasteiger partial charge in [0.1, 0.15) is 0 Å². The number of benzene rings is 1. The second-order valence-electron chi connectivity index (χ2n) is 8.30. The van der Waals surface area contributed by atoms with Crippen molar-refractivity contribution in [3.8, 4) is 0 Å². The van der Waals surface area contributed by atoms with Gasteiger partial charge in [-0.3, -0.25) is 14.5 Å². The summed E-state index contributed by atoms with van der Waals surface area (Å²) in [6.07, 6.45) is 2.15. The number of rotatable bonds is 7. The third kappa shape index (κ3) is 6.65. The molecule has 0 spiro atoms. The molecular weight excluding hydrogens is 340 g/mol. The van der Waals surface area contributed by atoms with Gasteiger partial charge in [0.2, 0.25) is 5.91 Å². The molecule has 1 aromatic carbocycles. The van der Waals surface area contributed by atoms with Crippen LogP contribution in [-0.4, -0.2) is 54.0 Å². The Morgan fingerprint density at radius 3 is 2.33 bits per heavy atom. The van der Waals surface area contributed by atoms with Gasteiger partial charge in [0.15, 0.2) is 0 Å². The van der Waals surface area contributed by atoms with E-state index in [-0.39, 0.29) is 24.3 Å². The molecule has 1 aliphatic rings. The Morgan fingerprint density at radius 1 is 1.15 bits per heavy atom. The van der Waals surface area contributed by atoms with Gasteiger partial charge in [0.25, 0.3) is 0 Å². The summed E-state index contributed by atoms with van der Waals surface area (Å²) in [5, 5.41) is 0. The maximum absolute atomic E-state index is 13.0. The maximum atomic E-state index is 13.0. The Balaban J connectivity index is 1.95. The Kier molecular flexibility index (Phi) is 7.84. The van der Waals surface area contributed by atoms with Gasteiger partial charge in [-0.2, -0.15) is 0 Å². The van der Waals surface area contributed by atoms with Crippen LogP contribution in [0.1, 0.15) is 52.5 Å². The summed E-state index contributed by atoms with van der Waals surface area (Å²) in [6.45, 7) is 11.3. The topological polar surface area (TPSA) is 49.9 Å². The lowest BCUT2D eigenvalue weighted by Gasteiger charge is -2.41. The van der Waals surface area contributed by atoms with Crippen molar-refractivity contribution in [1.29, 1.82) is 0 Å². The highest BCUT2D eigenvalue weighted by atomic mass is 16.5. The summed E-state index contributed by atoms with van der Waals surface area (Å²) < 4.78 is 5.04. The highest BCUT2D eigenvalue weighted by molar-refractivity contribution is 5.82. The van der Waals surface area contributed by atoms with E-state index in [1.54, 1.807) is 6.92 Å². The molecule has 1 aromatic rings. The molecule has 5 nitrogen and oxygen atoms in total. The van der Waals surface area contributed by atoms with E-state index in [0.717, 1.165) is 32.5 Å². The van der Waals surface area contributed by atoms with Crippen molar-refractivity contribution >= 4 is 11.9 Å². The zero-order chi connectivity index (χ0) is 19.9. The number of hydrogen-bond donors (Lipinski definition) is 0. The Morgan fingerprint density at radius 2 is 1.78 bits per heavy atom. The fourth-order valence-corrected chi connectivity index (χ4v) is 3.56. The van der Waals surface area contributed by atoms with Crippen LogP contribution in [0.25, 0.3) is 0 Å². The van der Waals surface area contributed by atoms with Crippen LogP contribution < -0.4 is 0 Å². The van der Waals surface area contributed by atoms with Crippen LogP contribution >= 0.6 is 0 Å². The van der Waals surface area contributed by atoms with E-state index in [9.17, 15) is 9.59 Å². The number of likely N-dealkylation sites (tertiary alicyclic amines) is 1. The standard InChI is InChI=1S/C22H34N2O3/c1-5-27-20(25)13-16-24(21(26)22(2,3)4)19-11-14-23(15-12-19)17-18-9-7-6-8-10-18/h6-10,19H,5,11-17H2,1-4H3. The normalized spacial score (nSPS) is 16.1. The molecule has 0 bridgehead atoms. The van der Waals surface area contributed by atoms with Gasteiger partial charge < -0.3 is 9.64 Å². The lowest BCUT2D eigenvalue weighted by atomic mass is 9.92. The first-order valence-corrected chi connectivity index (χ1v) is 10.0. The molecule has 1 saturated heterocycles. The van der Waals surface area contributed by atoms with Gasteiger partial charge in [0.05, 0.1) is 13.0 Å². The van der Waals surface area contributed by atoms with Gasteiger partial charge in [0, 0.05) is 37.6 Å². The van der Waals surface area contributed by atoms with Crippen molar-refractivity contribution in [2.45, 2.75) is 59.5 Å². The summed E-state index contributed by atoms with van der Waals surface area (Å²) in [5.74, 6) is -0.112. The first-order valence-electron chi connectivity index (χ1n) is 10.0. The number of esters is 1. The average molecular weight is 375 g/mol. The smallest absolute Gasteiger partial charge is 0.307 e. The summed E-state index contributed by atoms with van der Waals surface area (Å²) in [5.41, 5.74) is 0.872. The number of carbonyl (C=O) groups is 2. The average Bonchev–Trinajstić information content (AvgIpc) is 2.63. The molecule has 0 atom stereocenters. The minimum atomic E-state index is -0.449. The highest BCUT2D eigenvalue weighted by Gasteiger charge is 2.34. The van der Waals surface area contributed by atoms with Crippen molar-refractivity contribution in [2.75, 3.05) is 26.2 Å². The molecule has 27 heavy (non-hydrogen) atoms. The van der Waals surface area contributed by atoms with Gasteiger partial charge in [-0.1, -0.05) is 51.1 Å². The van der Waals surface area contributed by atoms with E-state index in [4.69, 9.17) is 4.74 Å². The van der Waals surface area contributed by atoms with Crippen LogP contribution in [0.3, 0.4) is 0 Å². The number of piperidine rings is 1. The lowest BCUT2D eigenvalue weighted by molar-refractivity contribution is -0.147. The third-order valence-electron chi connectivity index (χ3n) is 5.01. The monoisotopic (exact) mass is 374 g/mol. The minimum absolute atomic E-state index is 0.119. The molecule has 5 heteroatoms. The second-order valence-corrected chi connectivity index (χ2v) is 8.30. The molecule has 0 aliphatic carbocycles. The van der Waals surface area contributed by atoms with E-state index in [0.29, 0.717) is 13.2 Å². The SMILES string of the molecule is CCOC(=O)CCN(C(=O)C(C)(C)C)C1CCN(Cc2ccccc2)CC1. The number of nitrogens with zero attached hydrogens (tertiary/aromatic N) is 2. The number of amides is 1. The van der Waals surface area contributed by atoms with Crippen LogP contribution in [-0.2, 0) is 20.9 Å². The molecule has 1 heterocycles. The molecule has 0 N–H and O–H groups in total. The fraction of sp³-hybridized carbons (Fsp3) is 0.636. The van der Waals surface area contributed by atoms with Crippen molar-refractivity contribution < 1.29 is 14.3 Å². The molecule has 1 amide bonds. The predicted octanol–water partition coefficient (Wildman–Crippen LogP) is 3.48. The third-order valence-corrected chi connectivity index (χ3v) is 5.01. The van der Waals surface area contributed by atoms with Gasteiger partial charge in [-0.05, 0) is 25.3 Å². The largest absolute Gasteiger partial charge is 0.466 e. The van der Waals surface area contributed by atoms with Crippen molar-refractivity contribution in [3.63, 3.8) is 0 Å². The molecule has 0 unspecified atom stereocenters. The fourth-order valence-electron chi connectivity index (χ4n) is 3.56. The molecule has 2 rings (SSSR count). The summed E-state index contributed by atoms with van der Waals surface area (Å²) in [6, 6.07) is 10.7. The van der Waals surface area contributed by atoms with Crippen molar-refractivity contribution in [2.24, 2.45) is 5.41 Å². The Labute approximate surface area is 163 Å². The number of carbonyl (C=O) groups excluding carboxylic acids is 2. The minimum Gasteiger partial charge on any atom is -0.466 e. The van der Waals surface area contributed by atoms with Crippen LogP contribution in [0.4, 0.5) is 0 Å². The van der Waals surface area contributed by atoms with E-state index in [1.807, 2.05) is 31.7 Å². The molecule has 1 aliphatic heterocycles. The van der Waals surface area contributed by atoms with Gasteiger partial charge in [-0.25, -0.2) is 0 Å². The first kappa shape index (κ1) is 21.4. The molecule has 0 saturated carbocycles. The summed E-state index contributed by atoms with van der Waals surface area (Å²) >= 11 is 0. The van der Waals surface area contributed by atoms with E-state index in [1.165, 1.54) is 5.56 Å². The van der Waals surface area contributed by atoms with Crippen LogP contribution in [0, 0.1) is 5.41 Å². The highest BCUT2D eigenvalue weighted by Crippen LogP contribution is 2.25. The zero-order valence-corrected chi connectivity index (χ0v) is 17.2. The molecule has 1 fully saturated rings. The Hall–Kier alpha value is -1.88. The summed E-state index contributed by atoms with van der Waals surface area (Å²) in [7, 11) is 0. The van der Waals surface area contributed by atoms with Crippen LogP contribution in [0.2, 0.25) is 0 Å². The molecule has 150 valence electrons. The molecule has 0 radical (unpaired) electrons. The predicted molar refractivity (Wildman–Crippen MR) is 107 cm³/mol. The van der Waals surface area contributed by atoms with Crippen molar-refractivity contribution in [3.05, 3.63) is 35.9 Å². The van der Waals surface area contributed by atoms with Crippen LogP contribution in [0.15, 0.2) is 30.3 Å². The van der Waals surface area contributed by atoms with E-state index in [2.05, 4.69) is 29.2 Å². The molecular formula is C22H34N2O3. The zero-order valence-electron chi connectivity index (χ0n) is 17.2. The van der Waals surface area contributed by atoms with Gasteiger partial charge >= 0.3 is 5.97 Å². The first-order chi connectivity index (χ1) is 12.8. The van der Waals surface area contributed by atoms with Gasteiger partial charge in [-0.15, -0.1) is 0 Å². The van der Waals surface area contributed by atoms with Crippen LogP contribution in [0.5, 0.6) is 0 Å². The number of hydrogen-bond acceptors (Lipinski definition) is 4. The maximum Gasteiger partial charge on any atom is 0.307 e. The molecule has 0 aromatic heterocycles. The second kappa shape index (κ2) is 9.88. The van der Waals surface area contributed by atoms with E-state index >= 15 is 0 Å². The quantitative estimate of drug-likeness (QED) is 0.686.